The first-order valence-corrected chi connectivity index (χ1v) is 5.56. The SMILES string of the molecule is C=C(C)COc1cc(C)c(NC(C)=O)cc1C. The molecular weight excluding hydrogens is 214 g/mol. The van der Waals surface area contributed by atoms with Gasteiger partial charge in [-0.15, -0.1) is 0 Å². The highest BCUT2D eigenvalue weighted by Crippen LogP contribution is 2.26. The molecule has 0 heterocycles. The Bertz CT molecular complexity index is 450. The quantitative estimate of drug-likeness (QED) is 0.811. The molecule has 0 aliphatic carbocycles. The summed E-state index contributed by atoms with van der Waals surface area (Å²) in [6.07, 6.45) is 0. The number of benzene rings is 1. The fraction of sp³-hybridized carbons (Fsp3) is 0.357. The maximum absolute atomic E-state index is 11.0. The van der Waals surface area contributed by atoms with Gasteiger partial charge in [0, 0.05) is 12.6 Å². The van der Waals surface area contributed by atoms with Gasteiger partial charge < -0.3 is 10.1 Å². The van der Waals surface area contributed by atoms with Crippen molar-refractivity contribution < 1.29 is 9.53 Å². The van der Waals surface area contributed by atoms with Crippen LogP contribution in [0.5, 0.6) is 5.75 Å². The predicted molar refractivity (Wildman–Crippen MR) is 70.5 cm³/mol. The average Bonchev–Trinajstić information content (AvgIpc) is 2.20. The molecule has 17 heavy (non-hydrogen) atoms. The Morgan fingerprint density at radius 2 is 1.94 bits per heavy atom. The Kier molecular flexibility index (Phi) is 4.32. The molecule has 0 fully saturated rings. The van der Waals surface area contributed by atoms with E-state index in [2.05, 4.69) is 11.9 Å². The minimum atomic E-state index is -0.0666. The van der Waals surface area contributed by atoms with Crippen LogP contribution in [0.1, 0.15) is 25.0 Å². The minimum absolute atomic E-state index is 0.0666. The molecule has 0 bridgehead atoms. The van der Waals surface area contributed by atoms with Crippen molar-refractivity contribution in [3.8, 4) is 5.75 Å². The number of rotatable bonds is 4. The molecule has 0 unspecified atom stereocenters. The Hall–Kier alpha value is -1.77. The Morgan fingerprint density at radius 3 is 2.47 bits per heavy atom. The zero-order chi connectivity index (χ0) is 13.0. The number of aryl methyl sites for hydroxylation is 2. The smallest absolute Gasteiger partial charge is 0.221 e. The Balaban J connectivity index is 2.92. The number of amides is 1. The first kappa shape index (κ1) is 13.3. The van der Waals surface area contributed by atoms with Gasteiger partial charge in [-0.3, -0.25) is 4.79 Å². The van der Waals surface area contributed by atoms with E-state index in [1.165, 1.54) is 6.92 Å². The van der Waals surface area contributed by atoms with Crippen molar-refractivity contribution in [1.29, 1.82) is 0 Å². The summed E-state index contributed by atoms with van der Waals surface area (Å²) in [6, 6.07) is 3.86. The van der Waals surface area contributed by atoms with E-state index in [1.54, 1.807) is 0 Å². The number of carbonyl (C=O) groups excluding carboxylic acids is 1. The zero-order valence-corrected chi connectivity index (χ0v) is 10.9. The van der Waals surface area contributed by atoms with Crippen LogP contribution in [0.2, 0.25) is 0 Å². The van der Waals surface area contributed by atoms with E-state index in [4.69, 9.17) is 4.74 Å². The molecule has 0 spiro atoms. The molecule has 1 rings (SSSR count). The number of nitrogens with one attached hydrogen (secondary N) is 1. The molecule has 0 aromatic heterocycles. The minimum Gasteiger partial charge on any atom is -0.489 e. The fourth-order valence-electron chi connectivity index (χ4n) is 1.47. The Morgan fingerprint density at radius 1 is 1.29 bits per heavy atom. The van der Waals surface area contributed by atoms with Crippen molar-refractivity contribution in [3.05, 3.63) is 35.4 Å². The van der Waals surface area contributed by atoms with Crippen molar-refractivity contribution in [2.75, 3.05) is 11.9 Å². The summed E-state index contributed by atoms with van der Waals surface area (Å²) in [7, 11) is 0. The van der Waals surface area contributed by atoms with E-state index in [0.717, 1.165) is 28.1 Å². The van der Waals surface area contributed by atoms with E-state index in [-0.39, 0.29) is 5.91 Å². The van der Waals surface area contributed by atoms with Gasteiger partial charge in [-0.1, -0.05) is 6.58 Å². The van der Waals surface area contributed by atoms with E-state index in [1.807, 2.05) is 32.9 Å². The van der Waals surface area contributed by atoms with Crippen molar-refractivity contribution in [3.63, 3.8) is 0 Å². The molecule has 3 heteroatoms. The largest absolute Gasteiger partial charge is 0.489 e. The maximum Gasteiger partial charge on any atom is 0.221 e. The normalized spacial score (nSPS) is 9.88. The monoisotopic (exact) mass is 233 g/mol. The van der Waals surface area contributed by atoms with Gasteiger partial charge in [-0.25, -0.2) is 0 Å². The molecule has 0 saturated heterocycles. The summed E-state index contributed by atoms with van der Waals surface area (Å²) in [5.41, 5.74) is 3.80. The van der Waals surface area contributed by atoms with Crippen LogP contribution in [0.25, 0.3) is 0 Å². The third kappa shape index (κ3) is 3.94. The van der Waals surface area contributed by atoms with Crippen LogP contribution in [-0.4, -0.2) is 12.5 Å². The number of ether oxygens (including phenoxy) is 1. The third-order valence-electron chi connectivity index (χ3n) is 2.31. The van der Waals surface area contributed by atoms with Crippen LogP contribution >= 0.6 is 0 Å². The second-order valence-electron chi connectivity index (χ2n) is 4.36. The van der Waals surface area contributed by atoms with Crippen molar-refractivity contribution in [1.82, 2.24) is 0 Å². The molecule has 1 aromatic carbocycles. The number of hydrogen-bond acceptors (Lipinski definition) is 2. The molecular formula is C14H19NO2. The highest BCUT2D eigenvalue weighted by molar-refractivity contribution is 5.89. The topological polar surface area (TPSA) is 38.3 Å². The van der Waals surface area contributed by atoms with Crippen LogP contribution in [-0.2, 0) is 4.79 Å². The summed E-state index contributed by atoms with van der Waals surface area (Å²) >= 11 is 0. The third-order valence-corrected chi connectivity index (χ3v) is 2.31. The molecule has 0 aliphatic heterocycles. The second-order valence-corrected chi connectivity index (χ2v) is 4.36. The lowest BCUT2D eigenvalue weighted by atomic mass is 10.1. The van der Waals surface area contributed by atoms with Gasteiger partial charge in [-0.05, 0) is 49.6 Å². The van der Waals surface area contributed by atoms with Gasteiger partial charge in [-0.2, -0.15) is 0 Å². The molecule has 92 valence electrons. The number of anilines is 1. The van der Waals surface area contributed by atoms with Gasteiger partial charge >= 0.3 is 0 Å². The van der Waals surface area contributed by atoms with E-state index < -0.39 is 0 Å². The lowest BCUT2D eigenvalue weighted by molar-refractivity contribution is -0.114. The van der Waals surface area contributed by atoms with Crippen LogP contribution in [0.4, 0.5) is 5.69 Å². The van der Waals surface area contributed by atoms with Crippen LogP contribution in [0, 0.1) is 13.8 Å². The second kappa shape index (κ2) is 5.53. The number of hydrogen-bond donors (Lipinski definition) is 1. The van der Waals surface area contributed by atoms with Gasteiger partial charge in [0.1, 0.15) is 12.4 Å². The molecule has 1 aromatic rings. The van der Waals surface area contributed by atoms with Crippen LogP contribution < -0.4 is 10.1 Å². The summed E-state index contributed by atoms with van der Waals surface area (Å²) in [5, 5.41) is 2.79. The standard InChI is InChI=1S/C14H19NO2/c1-9(2)8-17-14-7-10(3)13(6-11(14)4)15-12(5)16/h6-7H,1,8H2,2-5H3,(H,15,16). The molecule has 0 aliphatic rings. The first-order valence-electron chi connectivity index (χ1n) is 5.56. The van der Waals surface area contributed by atoms with Gasteiger partial charge in [0.05, 0.1) is 0 Å². The number of carbonyl (C=O) groups is 1. The average molecular weight is 233 g/mol. The van der Waals surface area contributed by atoms with Crippen molar-refractivity contribution in [2.45, 2.75) is 27.7 Å². The van der Waals surface area contributed by atoms with Gasteiger partial charge in [0.2, 0.25) is 5.91 Å². The van der Waals surface area contributed by atoms with Crippen LogP contribution in [0.3, 0.4) is 0 Å². The molecule has 1 amide bonds. The molecule has 0 atom stereocenters. The highest BCUT2D eigenvalue weighted by atomic mass is 16.5. The van der Waals surface area contributed by atoms with E-state index in [9.17, 15) is 4.79 Å². The zero-order valence-electron chi connectivity index (χ0n) is 10.9. The van der Waals surface area contributed by atoms with Gasteiger partial charge in [0.15, 0.2) is 0 Å². The summed E-state index contributed by atoms with van der Waals surface area (Å²) in [6.45, 7) is 11.6. The fourth-order valence-corrected chi connectivity index (χ4v) is 1.47. The molecule has 3 nitrogen and oxygen atoms in total. The van der Waals surface area contributed by atoms with Crippen LogP contribution in [0.15, 0.2) is 24.3 Å². The van der Waals surface area contributed by atoms with Crippen molar-refractivity contribution >= 4 is 11.6 Å². The molecule has 0 saturated carbocycles. The maximum atomic E-state index is 11.0. The molecule has 0 radical (unpaired) electrons. The lowest BCUT2D eigenvalue weighted by Crippen LogP contribution is -2.08. The molecule has 1 N–H and O–H groups in total. The van der Waals surface area contributed by atoms with E-state index >= 15 is 0 Å². The predicted octanol–water partition coefficient (Wildman–Crippen LogP) is 3.22. The highest BCUT2D eigenvalue weighted by Gasteiger charge is 2.06. The summed E-state index contributed by atoms with van der Waals surface area (Å²) < 4.78 is 5.63. The van der Waals surface area contributed by atoms with Gasteiger partial charge in [0.25, 0.3) is 0 Å². The Labute approximate surface area is 102 Å². The summed E-state index contributed by atoms with van der Waals surface area (Å²) in [4.78, 5) is 11.0. The van der Waals surface area contributed by atoms with Crippen molar-refractivity contribution in [2.24, 2.45) is 0 Å². The first-order chi connectivity index (χ1) is 7.90. The van der Waals surface area contributed by atoms with E-state index in [0.29, 0.717) is 6.61 Å². The lowest BCUT2D eigenvalue weighted by Gasteiger charge is -2.13. The summed E-state index contributed by atoms with van der Waals surface area (Å²) in [5.74, 6) is 0.766.